The molecule has 0 saturated heterocycles. The van der Waals surface area contributed by atoms with Crippen LogP contribution in [0.3, 0.4) is 0 Å². The fourth-order valence-electron chi connectivity index (χ4n) is 4.76. The first-order chi connectivity index (χ1) is 17.7. The van der Waals surface area contributed by atoms with Crippen molar-refractivity contribution in [3.63, 3.8) is 0 Å². The number of nitrogens with zero attached hydrogens (tertiary/aromatic N) is 1. The van der Waals surface area contributed by atoms with Gasteiger partial charge in [0.2, 0.25) is 0 Å². The Labute approximate surface area is 230 Å². The van der Waals surface area contributed by atoms with Crippen molar-refractivity contribution in [2.75, 3.05) is 6.54 Å². The van der Waals surface area contributed by atoms with Crippen LogP contribution in [0.5, 0.6) is 0 Å². The van der Waals surface area contributed by atoms with Crippen molar-refractivity contribution >= 4 is 50.3 Å². The highest BCUT2D eigenvalue weighted by Crippen LogP contribution is 2.35. The van der Waals surface area contributed by atoms with E-state index in [1.54, 1.807) is 0 Å². The predicted molar refractivity (Wildman–Crippen MR) is 152 cm³/mol. The topological polar surface area (TPSA) is 79.3 Å². The molecule has 0 saturated carbocycles. The van der Waals surface area contributed by atoms with Crippen LogP contribution in [0.4, 0.5) is 0 Å². The lowest BCUT2D eigenvalue weighted by molar-refractivity contribution is -0.137. The minimum atomic E-state index is -0.844. The average molecular weight is 580 g/mol. The van der Waals surface area contributed by atoms with E-state index < -0.39 is 11.4 Å². The summed E-state index contributed by atoms with van der Waals surface area (Å²) >= 11 is 10.1. The third-order valence-electron chi connectivity index (χ3n) is 6.75. The van der Waals surface area contributed by atoms with E-state index in [4.69, 9.17) is 16.6 Å². The zero-order valence-electron chi connectivity index (χ0n) is 20.7. The maximum Gasteiger partial charge on any atom is 0.303 e. The van der Waals surface area contributed by atoms with Crippen molar-refractivity contribution < 1.29 is 14.7 Å². The molecular weight excluding hydrogens is 552 g/mol. The van der Waals surface area contributed by atoms with Gasteiger partial charge in [0.1, 0.15) is 0 Å². The van der Waals surface area contributed by atoms with Crippen molar-refractivity contribution in [2.24, 2.45) is 0 Å². The normalized spacial score (nSPS) is 12.8. The number of fused-ring (bicyclic) bond motifs is 1. The Kier molecular flexibility index (Phi) is 8.30. The lowest BCUT2D eigenvalue weighted by Gasteiger charge is -2.31. The molecule has 7 heteroatoms. The summed E-state index contributed by atoms with van der Waals surface area (Å²) in [7, 11) is 0. The molecule has 4 aromatic rings. The molecule has 1 aromatic heterocycles. The molecule has 4 rings (SSSR count). The molecule has 1 amide bonds. The molecule has 1 heterocycles. The largest absolute Gasteiger partial charge is 0.481 e. The van der Waals surface area contributed by atoms with E-state index in [-0.39, 0.29) is 12.3 Å². The predicted octanol–water partition coefficient (Wildman–Crippen LogP) is 7.57. The Morgan fingerprint density at radius 1 is 1.05 bits per heavy atom. The molecule has 3 aromatic carbocycles. The summed E-state index contributed by atoms with van der Waals surface area (Å²) in [6.07, 6.45) is 1.08. The second-order valence-corrected chi connectivity index (χ2v) is 10.8. The van der Waals surface area contributed by atoms with Gasteiger partial charge in [0.05, 0.1) is 16.8 Å². The highest BCUT2D eigenvalue weighted by atomic mass is 79.9. The Hall–Kier alpha value is -3.22. The fourth-order valence-corrected chi connectivity index (χ4v) is 5.49. The summed E-state index contributed by atoms with van der Waals surface area (Å²) < 4.78 is 0.859. The summed E-state index contributed by atoms with van der Waals surface area (Å²) in [6.45, 7) is 4.23. The van der Waals surface area contributed by atoms with E-state index in [1.165, 1.54) is 0 Å². The number of hydrogen-bond donors (Lipinski definition) is 2. The number of nitrogens with one attached hydrogen (secondary N) is 1. The SMILES string of the molecule is Cc1c(-c2ccccc2)nc2ccc(Br)cc2c1C(=O)NC[C@](C)(CCCC(=O)O)c1ccccc1Cl. The van der Waals surface area contributed by atoms with E-state index in [0.717, 1.165) is 37.8 Å². The minimum absolute atomic E-state index is 0.0521. The van der Waals surface area contributed by atoms with Gasteiger partial charge in [-0.05, 0) is 55.2 Å². The zero-order valence-corrected chi connectivity index (χ0v) is 23.1. The van der Waals surface area contributed by atoms with Crippen molar-refractivity contribution in [3.05, 3.63) is 99.0 Å². The highest BCUT2D eigenvalue weighted by Gasteiger charge is 2.30. The molecule has 37 heavy (non-hydrogen) atoms. The summed E-state index contributed by atoms with van der Waals surface area (Å²) in [4.78, 5) is 29.9. The second-order valence-electron chi connectivity index (χ2n) is 9.46. The first-order valence-electron chi connectivity index (χ1n) is 12.1. The third kappa shape index (κ3) is 6.03. The number of benzene rings is 3. The first-order valence-corrected chi connectivity index (χ1v) is 13.3. The maximum atomic E-state index is 13.8. The van der Waals surface area contributed by atoms with Crippen LogP contribution in [0.2, 0.25) is 5.02 Å². The van der Waals surface area contributed by atoms with Gasteiger partial charge in [-0.3, -0.25) is 9.59 Å². The van der Waals surface area contributed by atoms with Gasteiger partial charge in [0.25, 0.3) is 5.91 Å². The number of carboxylic acids is 1. The van der Waals surface area contributed by atoms with Crippen LogP contribution in [0.15, 0.2) is 77.3 Å². The molecular formula is C30H28BrClN2O3. The van der Waals surface area contributed by atoms with Crippen LogP contribution < -0.4 is 5.32 Å². The Morgan fingerprint density at radius 2 is 1.76 bits per heavy atom. The first kappa shape index (κ1) is 26.8. The smallest absolute Gasteiger partial charge is 0.303 e. The van der Waals surface area contributed by atoms with E-state index in [1.807, 2.05) is 86.6 Å². The molecule has 5 nitrogen and oxygen atoms in total. The van der Waals surface area contributed by atoms with Crippen LogP contribution in [-0.2, 0) is 10.2 Å². The van der Waals surface area contributed by atoms with Crippen molar-refractivity contribution in [1.29, 1.82) is 0 Å². The van der Waals surface area contributed by atoms with E-state index >= 15 is 0 Å². The lowest BCUT2D eigenvalue weighted by atomic mass is 9.78. The molecule has 0 aliphatic carbocycles. The van der Waals surface area contributed by atoms with Crippen molar-refractivity contribution in [1.82, 2.24) is 10.3 Å². The molecule has 1 atom stereocenters. The van der Waals surface area contributed by atoms with Crippen molar-refractivity contribution in [3.8, 4) is 11.3 Å². The number of carbonyl (C=O) groups is 2. The van der Waals surface area contributed by atoms with Gasteiger partial charge in [-0.25, -0.2) is 4.98 Å². The number of carboxylic acid groups (broad SMARTS) is 1. The van der Waals surface area contributed by atoms with Crippen LogP contribution >= 0.6 is 27.5 Å². The van der Waals surface area contributed by atoms with Gasteiger partial charge in [-0.1, -0.05) is 83.0 Å². The van der Waals surface area contributed by atoms with Gasteiger partial charge in [0.15, 0.2) is 0 Å². The number of rotatable bonds is 9. The van der Waals surface area contributed by atoms with Gasteiger partial charge in [-0.2, -0.15) is 0 Å². The molecule has 0 aliphatic heterocycles. The zero-order chi connectivity index (χ0) is 26.6. The lowest BCUT2D eigenvalue weighted by Crippen LogP contribution is -2.39. The molecule has 0 radical (unpaired) electrons. The van der Waals surface area contributed by atoms with Crippen LogP contribution in [0, 0.1) is 6.92 Å². The van der Waals surface area contributed by atoms with E-state index in [0.29, 0.717) is 30.0 Å². The third-order valence-corrected chi connectivity index (χ3v) is 7.57. The maximum absolute atomic E-state index is 13.8. The monoisotopic (exact) mass is 578 g/mol. The molecule has 2 N–H and O–H groups in total. The highest BCUT2D eigenvalue weighted by molar-refractivity contribution is 9.10. The van der Waals surface area contributed by atoms with Crippen LogP contribution in [0.1, 0.15) is 47.7 Å². The number of aliphatic carboxylic acids is 1. The Bertz CT molecular complexity index is 1460. The van der Waals surface area contributed by atoms with Crippen LogP contribution in [-0.4, -0.2) is 28.5 Å². The Morgan fingerprint density at radius 3 is 2.46 bits per heavy atom. The van der Waals surface area contributed by atoms with E-state index in [9.17, 15) is 14.7 Å². The number of halogens is 2. The number of pyridine rings is 1. The second kappa shape index (κ2) is 11.4. The summed E-state index contributed by atoms with van der Waals surface area (Å²) in [6, 6.07) is 23.1. The van der Waals surface area contributed by atoms with Gasteiger partial charge < -0.3 is 10.4 Å². The van der Waals surface area contributed by atoms with Crippen LogP contribution in [0.25, 0.3) is 22.2 Å². The van der Waals surface area contributed by atoms with E-state index in [2.05, 4.69) is 21.2 Å². The number of hydrogen-bond acceptors (Lipinski definition) is 3. The molecule has 0 fully saturated rings. The summed E-state index contributed by atoms with van der Waals surface area (Å²) in [5.41, 5.74) is 4.11. The van der Waals surface area contributed by atoms with Gasteiger partial charge in [0, 0.05) is 38.8 Å². The average Bonchev–Trinajstić information content (AvgIpc) is 2.87. The summed E-state index contributed by atoms with van der Waals surface area (Å²) in [5.74, 6) is -1.06. The van der Waals surface area contributed by atoms with Gasteiger partial charge >= 0.3 is 5.97 Å². The van der Waals surface area contributed by atoms with Gasteiger partial charge in [-0.15, -0.1) is 0 Å². The molecule has 0 unspecified atom stereocenters. The number of amides is 1. The molecule has 190 valence electrons. The number of carbonyl (C=O) groups excluding carboxylic acids is 1. The fraction of sp³-hybridized carbons (Fsp3) is 0.233. The number of aromatic nitrogens is 1. The molecule has 0 spiro atoms. The quantitative estimate of drug-likeness (QED) is 0.214. The molecule has 0 aliphatic rings. The standard InChI is InChI=1S/C30H28BrClN2O3/c1-19-27(22-17-21(31)14-15-25(22)34-28(19)20-9-4-3-5-10-20)29(37)33-18-30(2,16-8-13-26(35)36)23-11-6-7-12-24(23)32/h3-7,9-12,14-15,17H,8,13,16,18H2,1-2H3,(H,33,37)(H,35,36)/t30-/m0/s1. The molecule has 0 bridgehead atoms. The Balaban J connectivity index is 1.73. The van der Waals surface area contributed by atoms with Crippen molar-refractivity contribution in [2.45, 2.75) is 38.5 Å². The minimum Gasteiger partial charge on any atom is -0.481 e. The summed E-state index contributed by atoms with van der Waals surface area (Å²) in [5, 5.41) is 13.7.